The van der Waals surface area contributed by atoms with E-state index in [1.807, 2.05) is 125 Å². The number of ether oxygens (including phenoxy) is 7. The Balaban J connectivity index is 0.000000218. The standard InChI is InChI=1S/7C17H26O2/c7*1-2-7-17(18)15-10-6-11-16(12-15)19-13-14-8-4-3-5-9-14/h7*6,10-12,14,17-18H,2-5,7-9,13H2,1H3/t17-;;;;;;/m1....../s1/i13D2;3D2,4D2,5D2,8D2,9D2,14D;17D;14D;7D2;6D;2D2. The van der Waals surface area contributed by atoms with E-state index in [1.165, 1.54) is 160 Å². The summed E-state index contributed by atoms with van der Waals surface area (Å²) in [7, 11) is 0. The smallest absolute Gasteiger partial charge is 0.119 e. The van der Waals surface area contributed by atoms with Crippen LogP contribution in [0.15, 0.2) is 170 Å². The monoisotopic (exact) mass is 1860 g/mol. The van der Waals surface area contributed by atoms with E-state index in [0.29, 0.717) is 84.4 Å². The van der Waals surface area contributed by atoms with Crippen molar-refractivity contribution in [3.63, 3.8) is 0 Å². The normalized spacial score (nSPS) is 23.4. The van der Waals surface area contributed by atoms with Crippen molar-refractivity contribution >= 4 is 0 Å². The van der Waals surface area contributed by atoms with E-state index < -0.39 is 112 Å². The van der Waals surface area contributed by atoms with Crippen molar-refractivity contribution in [1.29, 1.82) is 0 Å². The SMILES string of the molecule is [2H]C(O)(CCC)c1cccc(OCC2CCCCC2)c1.[2H]C([2H])(C)CC(O)c1cccc(OCC2CCCCC2)c1.[2H]C([2H])(CC)C(O)c1cccc(OCC2CCCCC2)c1.[2H]C([2H])(Oc1cccc([C@H](O)CCC)c1)C1CCCCC1.[2H]C1(COc2cccc(C(O)CCC)c2)CCCCC1.[2H]C1([2H])C([2H])([2H])C([2H])([2H])C([2H])(COc2cccc(C(O)CCC)c2)C([2H])([2H])C1([2H])[2H].[2H]c1cc(OCC2CCCCC2)cc(C(O)CCC)c1. The topological polar surface area (TPSA) is 206 Å². The fourth-order valence-corrected chi connectivity index (χ4v) is 17.8. The van der Waals surface area contributed by atoms with Gasteiger partial charge in [-0.15, -0.1) is 0 Å². The Bertz CT molecular complexity index is 5040. The van der Waals surface area contributed by atoms with Crippen LogP contribution < -0.4 is 33.2 Å². The second-order valence-electron chi connectivity index (χ2n) is 37.1. The molecule has 0 saturated heterocycles. The minimum atomic E-state index is -3.55. The minimum absolute atomic E-state index is 0.0320. The Morgan fingerprint density at radius 2 is 0.556 bits per heavy atom. The molecule has 14 nitrogen and oxygen atoms in total. The van der Waals surface area contributed by atoms with Gasteiger partial charge >= 0.3 is 0 Å². The molecule has 7 saturated carbocycles. The molecule has 6 unspecified atom stereocenters. The van der Waals surface area contributed by atoms with Crippen molar-refractivity contribution in [3.05, 3.63) is 209 Å². The summed E-state index contributed by atoms with van der Waals surface area (Å²) in [4.78, 5) is 0. The first-order chi connectivity index (χ1) is 72.3. The van der Waals surface area contributed by atoms with Crippen LogP contribution in [0.25, 0.3) is 0 Å². The number of rotatable bonds is 42. The zero-order valence-corrected chi connectivity index (χ0v) is 81.9. The molecule has 7 atom stereocenters. The maximum Gasteiger partial charge on any atom is 0.119 e. The van der Waals surface area contributed by atoms with Crippen LogP contribution in [-0.4, -0.2) is 81.9 Å². The quantitative estimate of drug-likeness (QED) is 0.0190. The molecule has 7 aliphatic carbocycles. The van der Waals surface area contributed by atoms with Crippen LogP contribution in [-0.2, 0) is 0 Å². The fraction of sp³-hybridized carbons (Fsp3) is 0.647. The van der Waals surface area contributed by atoms with Gasteiger partial charge in [0, 0.05) is 21.9 Å². The average molecular weight is 1860 g/mol. The van der Waals surface area contributed by atoms with Crippen molar-refractivity contribution < 1.29 is 96.3 Å². The number of benzene rings is 7. The third-order valence-electron chi connectivity index (χ3n) is 25.7. The zero-order valence-electron chi connectivity index (χ0n) is 102. The molecule has 7 N–H and O–H groups in total. The van der Waals surface area contributed by atoms with Crippen molar-refractivity contribution in [2.75, 3.05) is 46.2 Å². The van der Waals surface area contributed by atoms with Gasteiger partial charge in [-0.25, -0.2) is 0 Å². The van der Waals surface area contributed by atoms with Gasteiger partial charge in [0.05, 0.1) is 94.4 Å². The Morgan fingerprint density at radius 3 is 0.887 bits per heavy atom. The van der Waals surface area contributed by atoms with Gasteiger partial charge in [-0.3, -0.25) is 0 Å². The van der Waals surface area contributed by atoms with E-state index in [4.69, 9.17) is 60.6 Å². The van der Waals surface area contributed by atoms with Crippen molar-refractivity contribution in [2.45, 2.75) is 405 Å². The largest absolute Gasteiger partial charge is 0.493 e. The number of aliphatic hydroxyl groups excluding tert-OH is 6. The fourth-order valence-electron chi connectivity index (χ4n) is 17.8. The Hall–Kier alpha value is -7.14. The Morgan fingerprint density at radius 1 is 0.286 bits per heavy atom. The van der Waals surface area contributed by atoms with E-state index in [-0.39, 0.29) is 24.5 Å². The van der Waals surface area contributed by atoms with E-state index in [1.54, 1.807) is 61.5 Å². The van der Waals surface area contributed by atoms with Crippen LogP contribution in [0.3, 0.4) is 0 Å². The Labute approximate surface area is 834 Å². The summed E-state index contributed by atoms with van der Waals surface area (Å²) >= 11 is 0. The molecule has 7 fully saturated rings. The molecular weight excluding hydrogens is 1650 g/mol. The molecule has 133 heavy (non-hydrogen) atoms. The lowest BCUT2D eigenvalue weighted by Crippen LogP contribution is -2.15. The summed E-state index contributed by atoms with van der Waals surface area (Å²) in [6, 6.07) is 48.7. The predicted molar refractivity (Wildman–Crippen MR) is 549 cm³/mol. The minimum Gasteiger partial charge on any atom is -0.493 e. The number of hydrogen-bond donors (Lipinski definition) is 7. The molecule has 0 radical (unpaired) electrons. The molecule has 7 aliphatic rings. The highest BCUT2D eigenvalue weighted by Gasteiger charge is 2.23. The molecule has 7 aromatic rings. The van der Waals surface area contributed by atoms with Gasteiger partial charge < -0.3 is 68.9 Å². The van der Waals surface area contributed by atoms with Gasteiger partial charge in [0.1, 0.15) is 40.2 Å². The molecule has 0 heterocycles. The second kappa shape index (κ2) is 68.0. The van der Waals surface area contributed by atoms with Gasteiger partial charge in [-0.2, -0.15) is 0 Å². The average Bonchev–Trinajstić information content (AvgIpc) is 0.661. The first kappa shape index (κ1) is 84.0. The van der Waals surface area contributed by atoms with Crippen LogP contribution >= 0.6 is 0 Å². The predicted octanol–water partition coefficient (Wildman–Crippen LogP) is 31.4. The summed E-state index contributed by atoms with van der Waals surface area (Å²) in [6.45, 7) is 14.0. The molecule has 0 spiro atoms. The molecule has 0 amide bonds. The summed E-state index contributed by atoms with van der Waals surface area (Å²) in [5, 5.41) is 70.6. The van der Waals surface area contributed by atoms with Gasteiger partial charge in [0.2, 0.25) is 0 Å². The van der Waals surface area contributed by atoms with Gasteiger partial charge in [-0.05, 0) is 300 Å². The van der Waals surface area contributed by atoms with Gasteiger partial charge in [0.25, 0.3) is 0 Å². The van der Waals surface area contributed by atoms with E-state index in [9.17, 15) is 35.7 Å². The molecule has 7 aromatic carbocycles. The van der Waals surface area contributed by atoms with Crippen LogP contribution in [0.5, 0.6) is 40.2 Å². The summed E-state index contributed by atoms with van der Waals surface area (Å²) in [5.74, 6) is 3.37. The van der Waals surface area contributed by atoms with Crippen molar-refractivity contribution in [1.82, 2.24) is 0 Å². The second-order valence-corrected chi connectivity index (χ2v) is 37.1. The Kier molecular flexibility index (Phi) is 42.9. The maximum absolute atomic E-state index is 10.2. The first-order valence-corrected chi connectivity index (χ1v) is 51.3. The van der Waals surface area contributed by atoms with Crippen molar-refractivity contribution in [3.8, 4) is 40.2 Å². The number of hydrogen-bond acceptors (Lipinski definition) is 14. The summed E-state index contributed by atoms with van der Waals surface area (Å²) < 4.78 is 200. The highest BCUT2D eigenvalue weighted by molar-refractivity contribution is 5.35. The van der Waals surface area contributed by atoms with E-state index >= 15 is 0 Å². The molecular formula is C119H182O14. The lowest BCUT2D eigenvalue weighted by molar-refractivity contribution is 0.165. The summed E-state index contributed by atoms with van der Waals surface area (Å²) in [5.41, 5.74) is 4.94. The van der Waals surface area contributed by atoms with E-state index in [2.05, 4.69) is 6.92 Å². The van der Waals surface area contributed by atoms with E-state index in [0.717, 1.165) is 167 Å². The van der Waals surface area contributed by atoms with Crippen LogP contribution in [0, 0.1) is 41.4 Å². The highest BCUT2D eigenvalue weighted by atomic mass is 16.5. The van der Waals surface area contributed by atoms with Crippen LogP contribution in [0.2, 0.25) is 0 Å². The lowest BCUT2D eigenvalue weighted by atomic mass is 9.90. The molecule has 14 rings (SSSR count). The molecule has 0 aliphatic heterocycles. The third kappa shape index (κ3) is 45.8. The molecule has 0 aromatic heterocycles. The molecule has 742 valence electrons. The first-order valence-electron chi connectivity index (χ1n) is 61.3. The van der Waals surface area contributed by atoms with Crippen LogP contribution in [0.4, 0.5) is 0 Å². The van der Waals surface area contributed by atoms with Crippen LogP contribution in [0.1, 0.15) is 472 Å². The zero-order chi connectivity index (χ0) is 112. The summed E-state index contributed by atoms with van der Waals surface area (Å²) in [6.07, 6.45) is 18.2. The van der Waals surface area contributed by atoms with Gasteiger partial charge in [-0.1, -0.05) is 313 Å². The lowest BCUT2D eigenvalue weighted by Gasteiger charge is -2.22. The number of aliphatic hydroxyl groups is 7. The molecule has 0 bridgehead atoms. The highest BCUT2D eigenvalue weighted by Crippen LogP contribution is 2.36. The van der Waals surface area contributed by atoms with Crippen molar-refractivity contribution in [2.24, 2.45) is 41.4 Å². The maximum atomic E-state index is 10.2. The van der Waals surface area contributed by atoms with Gasteiger partial charge in [0.15, 0.2) is 0 Å². The molecule has 14 heteroatoms. The third-order valence-corrected chi connectivity index (χ3v) is 25.7.